The Morgan fingerprint density at radius 1 is 0.839 bits per heavy atom. The highest BCUT2D eigenvalue weighted by molar-refractivity contribution is 5.81. The van der Waals surface area contributed by atoms with Crippen molar-refractivity contribution >= 4 is 11.9 Å². The van der Waals surface area contributed by atoms with Gasteiger partial charge in [0.15, 0.2) is 0 Å². The number of carboxylic acids is 1. The highest BCUT2D eigenvalue weighted by atomic mass is 16.4. The molecule has 7 atom stereocenters. The van der Waals surface area contributed by atoms with Gasteiger partial charge in [0, 0.05) is 18.0 Å². The number of amides is 1. The minimum Gasteiger partial charge on any atom is -0.481 e. The Balaban J connectivity index is 1.63. The highest BCUT2D eigenvalue weighted by Gasteiger charge is 2.67. The molecular weight excluding hydrogens is 386 g/mol. The van der Waals surface area contributed by atoms with E-state index in [0.717, 1.165) is 57.8 Å². The molecule has 4 fully saturated rings. The molecule has 0 spiro atoms. The molecule has 4 rings (SSSR count). The van der Waals surface area contributed by atoms with E-state index in [1.54, 1.807) is 0 Å². The maximum Gasteiger partial charge on any atom is 0.310 e. The van der Waals surface area contributed by atoms with E-state index in [1.807, 2.05) is 0 Å². The first-order chi connectivity index (χ1) is 14.5. The second-order valence-electron chi connectivity index (χ2n) is 12.5. The predicted octanol–water partition coefficient (Wildman–Crippen LogP) is 6.14. The summed E-state index contributed by atoms with van der Waals surface area (Å²) in [5.41, 5.74) is -0.514. The van der Waals surface area contributed by atoms with Gasteiger partial charge < -0.3 is 10.0 Å². The fourth-order valence-electron chi connectivity index (χ4n) is 9.44. The van der Waals surface area contributed by atoms with E-state index in [2.05, 4.69) is 46.4 Å². The molecule has 0 saturated heterocycles. The van der Waals surface area contributed by atoms with Crippen LogP contribution in [0.5, 0.6) is 0 Å². The van der Waals surface area contributed by atoms with Crippen molar-refractivity contribution < 1.29 is 14.7 Å². The number of carbonyl (C=O) groups is 2. The molecule has 4 aliphatic rings. The molecule has 0 aromatic carbocycles. The zero-order valence-corrected chi connectivity index (χ0v) is 20.7. The summed E-state index contributed by atoms with van der Waals surface area (Å²) in [5.74, 6) is 1.65. The fourth-order valence-corrected chi connectivity index (χ4v) is 9.44. The van der Waals surface area contributed by atoms with Crippen molar-refractivity contribution in [3.8, 4) is 0 Å². The molecule has 0 radical (unpaired) electrons. The van der Waals surface area contributed by atoms with Crippen LogP contribution < -0.4 is 0 Å². The van der Waals surface area contributed by atoms with Crippen LogP contribution in [0, 0.1) is 39.9 Å². The summed E-state index contributed by atoms with van der Waals surface area (Å²) >= 11 is 0. The molecule has 1 amide bonds. The molecular formula is C27H45NO3. The highest BCUT2D eigenvalue weighted by Crippen LogP contribution is 2.70. The second kappa shape index (κ2) is 7.76. The minimum absolute atomic E-state index is 0.0779. The van der Waals surface area contributed by atoms with Crippen LogP contribution in [-0.2, 0) is 9.59 Å². The molecule has 4 saturated carbocycles. The topological polar surface area (TPSA) is 57.6 Å². The molecule has 0 aliphatic heterocycles. The van der Waals surface area contributed by atoms with Gasteiger partial charge in [0.25, 0.3) is 0 Å². The lowest BCUT2D eigenvalue weighted by Gasteiger charge is -2.63. The Morgan fingerprint density at radius 2 is 1.48 bits per heavy atom. The van der Waals surface area contributed by atoms with Gasteiger partial charge >= 0.3 is 5.97 Å². The molecule has 4 heteroatoms. The van der Waals surface area contributed by atoms with Crippen LogP contribution in [0.4, 0.5) is 0 Å². The van der Waals surface area contributed by atoms with Gasteiger partial charge in [-0.1, -0.05) is 26.7 Å². The van der Waals surface area contributed by atoms with Crippen LogP contribution in [-0.4, -0.2) is 34.0 Å². The first kappa shape index (κ1) is 23.1. The van der Waals surface area contributed by atoms with Crippen molar-refractivity contribution in [3.05, 3.63) is 0 Å². The SMILES string of the molecule is CC(C)N(C(=O)C1CC[C@H]2[C@@H]3CCC4(C(=O)O)CCCC[C@]4(C)[C@@H]3CC[C@]12C)C(C)C. The number of carbonyl (C=O) groups excluding carboxylic acids is 1. The molecule has 0 bridgehead atoms. The van der Waals surface area contributed by atoms with E-state index >= 15 is 0 Å². The summed E-state index contributed by atoms with van der Waals surface area (Å²) in [6, 6.07) is 0.469. The van der Waals surface area contributed by atoms with Crippen molar-refractivity contribution in [1.29, 1.82) is 0 Å². The van der Waals surface area contributed by atoms with E-state index in [9.17, 15) is 14.7 Å². The largest absolute Gasteiger partial charge is 0.481 e. The zero-order chi connectivity index (χ0) is 22.8. The van der Waals surface area contributed by atoms with Crippen molar-refractivity contribution in [2.24, 2.45) is 39.9 Å². The fraction of sp³-hybridized carbons (Fsp3) is 0.926. The Kier molecular flexibility index (Phi) is 5.79. The first-order valence-electron chi connectivity index (χ1n) is 13.0. The average molecular weight is 432 g/mol. The van der Waals surface area contributed by atoms with Gasteiger partial charge in [0.2, 0.25) is 5.91 Å². The van der Waals surface area contributed by atoms with Crippen LogP contribution in [0.15, 0.2) is 0 Å². The normalized spacial score (nSPS) is 44.5. The van der Waals surface area contributed by atoms with Gasteiger partial charge in [-0.15, -0.1) is 0 Å². The number of hydrogen-bond donors (Lipinski definition) is 1. The van der Waals surface area contributed by atoms with Gasteiger partial charge in [0.05, 0.1) is 5.41 Å². The van der Waals surface area contributed by atoms with Crippen LogP contribution >= 0.6 is 0 Å². The molecule has 31 heavy (non-hydrogen) atoms. The second-order valence-corrected chi connectivity index (χ2v) is 12.5. The van der Waals surface area contributed by atoms with E-state index < -0.39 is 11.4 Å². The third-order valence-electron chi connectivity index (χ3n) is 10.9. The Bertz CT molecular complexity index is 724. The van der Waals surface area contributed by atoms with Crippen molar-refractivity contribution in [3.63, 3.8) is 0 Å². The van der Waals surface area contributed by atoms with Crippen molar-refractivity contribution in [1.82, 2.24) is 4.90 Å². The first-order valence-corrected chi connectivity index (χ1v) is 13.0. The van der Waals surface area contributed by atoms with Gasteiger partial charge in [-0.05, 0) is 108 Å². The monoisotopic (exact) mass is 431 g/mol. The molecule has 0 heterocycles. The number of aliphatic carboxylic acids is 1. The predicted molar refractivity (Wildman–Crippen MR) is 124 cm³/mol. The lowest BCUT2D eigenvalue weighted by atomic mass is 9.40. The number of nitrogens with zero attached hydrogens (tertiary/aromatic N) is 1. The number of carboxylic acid groups (broad SMARTS) is 1. The summed E-state index contributed by atoms with van der Waals surface area (Å²) in [6.45, 7) is 13.3. The number of hydrogen-bond acceptors (Lipinski definition) is 2. The third-order valence-corrected chi connectivity index (χ3v) is 10.9. The quantitative estimate of drug-likeness (QED) is 0.582. The number of rotatable bonds is 4. The van der Waals surface area contributed by atoms with Crippen molar-refractivity contribution in [2.45, 2.75) is 118 Å². The third kappa shape index (κ3) is 3.13. The van der Waals surface area contributed by atoms with Crippen LogP contribution in [0.25, 0.3) is 0 Å². The lowest BCUT2D eigenvalue weighted by Crippen LogP contribution is -2.60. The lowest BCUT2D eigenvalue weighted by molar-refractivity contribution is -0.192. The smallest absolute Gasteiger partial charge is 0.310 e. The van der Waals surface area contributed by atoms with Gasteiger partial charge in [-0.3, -0.25) is 9.59 Å². The Morgan fingerprint density at radius 3 is 2.10 bits per heavy atom. The summed E-state index contributed by atoms with van der Waals surface area (Å²) in [4.78, 5) is 28.4. The van der Waals surface area contributed by atoms with E-state index in [0.29, 0.717) is 23.7 Å². The van der Waals surface area contributed by atoms with E-state index in [4.69, 9.17) is 0 Å². The summed E-state index contributed by atoms with van der Waals surface area (Å²) in [7, 11) is 0. The minimum atomic E-state index is -0.537. The maximum absolute atomic E-state index is 13.7. The van der Waals surface area contributed by atoms with Gasteiger partial charge in [-0.2, -0.15) is 0 Å². The molecule has 4 aliphatic carbocycles. The Hall–Kier alpha value is -1.06. The van der Waals surface area contributed by atoms with Gasteiger partial charge in [-0.25, -0.2) is 0 Å². The van der Waals surface area contributed by atoms with Crippen molar-refractivity contribution in [2.75, 3.05) is 0 Å². The Labute approximate surface area is 189 Å². The number of fused-ring (bicyclic) bond motifs is 5. The molecule has 176 valence electrons. The molecule has 1 N–H and O–H groups in total. The van der Waals surface area contributed by atoms with Crippen LogP contribution in [0.1, 0.15) is 106 Å². The van der Waals surface area contributed by atoms with Gasteiger partial charge in [0.1, 0.15) is 0 Å². The summed E-state index contributed by atoms with van der Waals surface area (Å²) in [6.07, 6.45) is 10.4. The molecule has 0 aromatic heterocycles. The zero-order valence-electron chi connectivity index (χ0n) is 20.7. The standard InChI is InChI=1S/C27H45NO3/c1-17(2)28(18(3)4)23(29)22-10-9-20-19-11-16-27(24(30)31)14-8-7-13-26(27,6)21(19)12-15-25(20,22)5/h17-22H,7-16H2,1-6H3,(H,30,31)/t19-,20-,21+,22?,25-,26+,27?/m0/s1. The van der Waals surface area contributed by atoms with Crippen LogP contribution in [0.2, 0.25) is 0 Å². The summed E-state index contributed by atoms with van der Waals surface area (Å²) < 4.78 is 0. The molecule has 4 nitrogen and oxygen atoms in total. The summed E-state index contributed by atoms with van der Waals surface area (Å²) in [5, 5.41) is 10.3. The molecule has 2 unspecified atom stereocenters. The molecule has 0 aromatic rings. The van der Waals surface area contributed by atoms with E-state index in [1.165, 1.54) is 6.42 Å². The van der Waals surface area contributed by atoms with Crippen LogP contribution in [0.3, 0.4) is 0 Å². The maximum atomic E-state index is 13.7. The average Bonchev–Trinajstić information content (AvgIpc) is 3.04. The van der Waals surface area contributed by atoms with E-state index in [-0.39, 0.29) is 28.8 Å².